The minimum Gasteiger partial charge on any atom is -0.381 e. The molecule has 112 valence electrons. The molecule has 3 fully saturated rings. The van der Waals surface area contributed by atoms with Crippen molar-refractivity contribution in [2.75, 3.05) is 26.4 Å². The lowest BCUT2D eigenvalue weighted by atomic mass is 10.1. The Bertz CT molecular complexity index is 174. The van der Waals surface area contributed by atoms with E-state index < -0.39 is 0 Å². The highest BCUT2D eigenvalue weighted by molar-refractivity contribution is 4.69. The van der Waals surface area contributed by atoms with E-state index in [0.29, 0.717) is 0 Å². The Hall–Kier alpha value is -0.0800. The molecule has 0 atom stereocenters. The molecule has 0 bridgehead atoms. The van der Waals surface area contributed by atoms with Crippen molar-refractivity contribution in [3.63, 3.8) is 0 Å². The summed E-state index contributed by atoms with van der Waals surface area (Å²) in [4.78, 5) is 0. The monoisotopic (exact) mass is 268 g/mol. The van der Waals surface area contributed by atoms with Crippen LogP contribution < -0.4 is 0 Å². The summed E-state index contributed by atoms with van der Waals surface area (Å²) < 4.78 is 10.9. The van der Waals surface area contributed by atoms with Crippen molar-refractivity contribution in [1.82, 2.24) is 0 Å². The zero-order chi connectivity index (χ0) is 13.2. The number of ether oxygens (including phenoxy) is 2. The maximum Gasteiger partial charge on any atom is 0.0494 e. The van der Waals surface area contributed by atoms with E-state index in [4.69, 9.17) is 9.47 Å². The van der Waals surface area contributed by atoms with E-state index in [1.165, 1.54) is 70.6 Å². The van der Waals surface area contributed by atoms with Gasteiger partial charge in [0.15, 0.2) is 0 Å². The lowest BCUT2D eigenvalue weighted by Gasteiger charge is -2.13. The summed E-state index contributed by atoms with van der Waals surface area (Å²) in [5.41, 5.74) is 0. The molecule has 0 aromatic heterocycles. The largest absolute Gasteiger partial charge is 0.381 e. The summed E-state index contributed by atoms with van der Waals surface area (Å²) in [6.45, 7) is 4.10. The van der Waals surface area contributed by atoms with Crippen LogP contribution in [0, 0.1) is 11.8 Å². The lowest BCUT2D eigenvalue weighted by molar-refractivity contribution is 0.0743. The molecule has 1 heterocycles. The van der Waals surface area contributed by atoms with E-state index in [2.05, 4.69) is 0 Å². The summed E-state index contributed by atoms with van der Waals surface area (Å²) in [5, 5.41) is 0. The molecule has 2 nitrogen and oxygen atoms in total. The zero-order valence-electron chi connectivity index (χ0n) is 12.6. The van der Waals surface area contributed by atoms with Crippen molar-refractivity contribution < 1.29 is 9.47 Å². The van der Waals surface area contributed by atoms with Crippen LogP contribution in [0.3, 0.4) is 0 Å². The molecule has 19 heavy (non-hydrogen) atoms. The van der Waals surface area contributed by atoms with Crippen molar-refractivity contribution in [2.45, 2.75) is 70.6 Å². The van der Waals surface area contributed by atoms with Crippen molar-refractivity contribution >= 4 is 0 Å². The van der Waals surface area contributed by atoms with Gasteiger partial charge in [0.1, 0.15) is 0 Å². The van der Waals surface area contributed by atoms with Gasteiger partial charge in [-0.3, -0.25) is 0 Å². The summed E-state index contributed by atoms with van der Waals surface area (Å²) in [5.74, 6) is 1.81. The third kappa shape index (κ3) is 6.76. The molecule has 3 rings (SSSR count). The molecule has 0 spiro atoms. The van der Waals surface area contributed by atoms with E-state index in [0.717, 1.165) is 38.3 Å². The van der Waals surface area contributed by atoms with Crippen LogP contribution in [-0.4, -0.2) is 26.4 Å². The minimum atomic E-state index is 0.904. The van der Waals surface area contributed by atoms with Crippen LogP contribution in [0.2, 0.25) is 0 Å². The second kappa shape index (κ2) is 9.77. The highest BCUT2D eigenvalue weighted by atomic mass is 16.5. The average molecular weight is 268 g/mol. The Kier molecular flexibility index (Phi) is 7.87. The molecule has 0 amide bonds. The van der Waals surface area contributed by atoms with Gasteiger partial charge in [-0.05, 0) is 56.8 Å². The first kappa shape index (κ1) is 15.3. The molecule has 1 aliphatic heterocycles. The van der Waals surface area contributed by atoms with Gasteiger partial charge >= 0.3 is 0 Å². The maximum atomic E-state index is 5.80. The van der Waals surface area contributed by atoms with Crippen LogP contribution >= 0.6 is 0 Å². The molecule has 0 unspecified atom stereocenters. The second-order valence-electron chi connectivity index (χ2n) is 6.51. The Morgan fingerprint density at radius 2 is 1.11 bits per heavy atom. The van der Waals surface area contributed by atoms with Crippen molar-refractivity contribution in [2.24, 2.45) is 11.8 Å². The van der Waals surface area contributed by atoms with Crippen LogP contribution in [-0.2, 0) is 9.47 Å². The van der Waals surface area contributed by atoms with Gasteiger partial charge in [-0.2, -0.15) is 0 Å². The summed E-state index contributed by atoms with van der Waals surface area (Å²) in [6.07, 6.45) is 15.4. The van der Waals surface area contributed by atoms with Gasteiger partial charge in [0, 0.05) is 26.4 Å². The zero-order valence-corrected chi connectivity index (χ0v) is 12.6. The van der Waals surface area contributed by atoms with Crippen LogP contribution in [0.15, 0.2) is 0 Å². The molecular formula is C17H32O2. The van der Waals surface area contributed by atoms with Gasteiger partial charge < -0.3 is 9.47 Å². The molecule has 0 radical (unpaired) electrons. The van der Waals surface area contributed by atoms with Gasteiger partial charge in [-0.1, -0.05) is 25.7 Å². The summed E-state index contributed by atoms with van der Waals surface area (Å²) in [6, 6.07) is 0. The molecule has 2 aliphatic carbocycles. The van der Waals surface area contributed by atoms with Gasteiger partial charge in [0.25, 0.3) is 0 Å². The Balaban J connectivity index is 0.000000186. The van der Waals surface area contributed by atoms with E-state index in [-0.39, 0.29) is 0 Å². The fourth-order valence-electron chi connectivity index (χ4n) is 3.44. The molecule has 0 N–H and O–H groups in total. The number of rotatable bonds is 4. The minimum absolute atomic E-state index is 0.904. The molecule has 2 saturated carbocycles. The van der Waals surface area contributed by atoms with E-state index in [1.807, 2.05) is 0 Å². The van der Waals surface area contributed by atoms with E-state index >= 15 is 0 Å². The predicted octanol–water partition coefficient (Wildman–Crippen LogP) is 4.57. The van der Waals surface area contributed by atoms with Crippen LogP contribution in [0.1, 0.15) is 70.6 Å². The van der Waals surface area contributed by atoms with Crippen LogP contribution in [0.4, 0.5) is 0 Å². The molecule has 0 aromatic rings. The van der Waals surface area contributed by atoms with Crippen molar-refractivity contribution in [3.8, 4) is 0 Å². The summed E-state index contributed by atoms with van der Waals surface area (Å²) in [7, 11) is 0. The summed E-state index contributed by atoms with van der Waals surface area (Å²) >= 11 is 0. The lowest BCUT2D eigenvalue weighted by Crippen LogP contribution is -2.11. The van der Waals surface area contributed by atoms with Crippen molar-refractivity contribution in [3.05, 3.63) is 0 Å². The third-order valence-corrected chi connectivity index (χ3v) is 4.73. The first-order chi connectivity index (χ1) is 9.45. The SMILES string of the molecule is C1CCC(COCC2CCCC2)C1.C1CCOCC1. The van der Waals surface area contributed by atoms with Gasteiger partial charge in [-0.25, -0.2) is 0 Å². The Morgan fingerprint density at radius 3 is 1.42 bits per heavy atom. The van der Waals surface area contributed by atoms with Gasteiger partial charge in [0.05, 0.1) is 0 Å². The Labute approximate surface area is 119 Å². The maximum absolute atomic E-state index is 5.80. The first-order valence-corrected chi connectivity index (χ1v) is 8.60. The van der Waals surface area contributed by atoms with E-state index in [9.17, 15) is 0 Å². The van der Waals surface area contributed by atoms with Crippen LogP contribution in [0.5, 0.6) is 0 Å². The fourth-order valence-corrected chi connectivity index (χ4v) is 3.44. The van der Waals surface area contributed by atoms with Crippen LogP contribution in [0.25, 0.3) is 0 Å². The molecular weight excluding hydrogens is 236 g/mol. The molecule has 3 aliphatic rings. The number of hydrogen-bond acceptors (Lipinski definition) is 2. The average Bonchev–Trinajstić information content (AvgIpc) is 3.15. The predicted molar refractivity (Wildman–Crippen MR) is 79.4 cm³/mol. The highest BCUT2D eigenvalue weighted by Crippen LogP contribution is 2.27. The second-order valence-corrected chi connectivity index (χ2v) is 6.51. The molecule has 0 aromatic carbocycles. The van der Waals surface area contributed by atoms with E-state index in [1.54, 1.807) is 0 Å². The first-order valence-electron chi connectivity index (χ1n) is 8.60. The van der Waals surface area contributed by atoms with Gasteiger partial charge in [0.2, 0.25) is 0 Å². The van der Waals surface area contributed by atoms with Gasteiger partial charge in [-0.15, -0.1) is 0 Å². The quantitative estimate of drug-likeness (QED) is 0.743. The number of hydrogen-bond donors (Lipinski definition) is 0. The smallest absolute Gasteiger partial charge is 0.0494 e. The third-order valence-electron chi connectivity index (χ3n) is 4.73. The topological polar surface area (TPSA) is 18.5 Å². The fraction of sp³-hybridized carbons (Fsp3) is 1.00. The standard InChI is InChI=1S/C12H22O.C5H10O/c1-2-6-11(5-1)9-13-10-12-7-3-4-8-12;1-2-4-6-5-3-1/h11-12H,1-10H2;1-5H2. The normalized spacial score (nSPS) is 25.3. The Morgan fingerprint density at radius 1 is 0.632 bits per heavy atom. The molecule has 1 saturated heterocycles. The van der Waals surface area contributed by atoms with Crippen molar-refractivity contribution in [1.29, 1.82) is 0 Å². The highest BCUT2D eigenvalue weighted by Gasteiger charge is 2.18. The molecule has 2 heteroatoms.